The van der Waals surface area contributed by atoms with Crippen LogP contribution in [0.15, 0.2) is 17.2 Å². The fourth-order valence-electron chi connectivity index (χ4n) is 1.04. The lowest BCUT2D eigenvalue weighted by Gasteiger charge is -2.04. The van der Waals surface area contributed by atoms with Gasteiger partial charge in [0.05, 0.1) is 6.21 Å². The molecule has 0 aliphatic heterocycles. The summed E-state index contributed by atoms with van der Waals surface area (Å²) in [7, 11) is -2.08. The van der Waals surface area contributed by atoms with Crippen molar-refractivity contribution in [1.29, 1.82) is 0 Å². The zero-order valence-corrected chi connectivity index (χ0v) is 9.21. The van der Waals surface area contributed by atoms with Crippen LogP contribution in [0.5, 0.6) is 0 Å². The van der Waals surface area contributed by atoms with Gasteiger partial charge in [-0.25, -0.2) is 8.78 Å². The molecule has 0 radical (unpaired) electrons. The maximum atomic E-state index is 13.4. The van der Waals surface area contributed by atoms with E-state index in [1.165, 1.54) is 0 Å². The van der Waals surface area contributed by atoms with Gasteiger partial charge in [-0.1, -0.05) is 12.1 Å². The van der Waals surface area contributed by atoms with Gasteiger partial charge in [0.2, 0.25) is 0 Å². The van der Waals surface area contributed by atoms with Crippen LogP contribution in [0.3, 0.4) is 0 Å². The van der Waals surface area contributed by atoms with Gasteiger partial charge in [-0.15, -0.1) is 0 Å². The smallest absolute Gasteiger partial charge is 0.423 e. The van der Waals surface area contributed by atoms with Crippen LogP contribution in [0.1, 0.15) is 5.56 Å². The molecular formula is C8H8BF2N3O2S. The Bertz CT molecular complexity index is 470. The predicted octanol–water partition coefficient (Wildman–Crippen LogP) is -1.19. The van der Waals surface area contributed by atoms with Crippen LogP contribution in [0.4, 0.5) is 8.78 Å². The molecule has 90 valence electrons. The second-order valence-corrected chi connectivity index (χ2v) is 3.42. The third-order valence-electron chi connectivity index (χ3n) is 1.80. The Morgan fingerprint density at radius 2 is 2.06 bits per heavy atom. The molecule has 0 aliphatic rings. The summed E-state index contributed by atoms with van der Waals surface area (Å²) in [6, 6.07) is 2.17. The maximum Gasteiger partial charge on any atom is 0.491 e. The van der Waals surface area contributed by atoms with Crippen molar-refractivity contribution in [2.24, 2.45) is 10.8 Å². The fraction of sp³-hybridized carbons (Fsp3) is 0. The van der Waals surface area contributed by atoms with Gasteiger partial charge in [-0.2, -0.15) is 5.10 Å². The Labute approximate surface area is 101 Å². The number of hydrogen-bond donors (Lipinski definition) is 4. The van der Waals surface area contributed by atoms with Crippen molar-refractivity contribution in [2.45, 2.75) is 0 Å². The summed E-state index contributed by atoms with van der Waals surface area (Å²) in [5.41, 5.74) is 6.49. The van der Waals surface area contributed by atoms with E-state index in [9.17, 15) is 8.78 Å². The van der Waals surface area contributed by atoms with E-state index in [2.05, 4.69) is 22.7 Å². The van der Waals surface area contributed by atoms with Crippen molar-refractivity contribution in [1.82, 2.24) is 5.43 Å². The number of nitrogens with two attached hydrogens (primary N) is 1. The van der Waals surface area contributed by atoms with E-state index in [0.29, 0.717) is 0 Å². The second kappa shape index (κ2) is 5.66. The Balaban J connectivity index is 3.00. The van der Waals surface area contributed by atoms with E-state index in [1.54, 1.807) is 0 Å². The van der Waals surface area contributed by atoms with E-state index >= 15 is 0 Å². The molecule has 0 spiro atoms. The topological polar surface area (TPSA) is 90.9 Å². The molecule has 0 bridgehead atoms. The predicted molar refractivity (Wildman–Crippen MR) is 63.7 cm³/mol. The molecule has 0 aromatic heterocycles. The molecule has 0 fully saturated rings. The van der Waals surface area contributed by atoms with Crippen molar-refractivity contribution in [2.75, 3.05) is 0 Å². The summed E-state index contributed by atoms with van der Waals surface area (Å²) in [4.78, 5) is 0. The quantitative estimate of drug-likeness (QED) is 0.237. The average molecular weight is 259 g/mol. The number of nitrogens with one attached hydrogen (secondary N) is 1. The summed E-state index contributed by atoms with van der Waals surface area (Å²) >= 11 is 4.44. The van der Waals surface area contributed by atoms with Crippen LogP contribution in [-0.2, 0) is 0 Å². The molecule has 17 heavy (non-hydrogen) atoms. The first-order chi connectivity index (χ1) is 7.93. The molecule has 5 N–H and O–H groups in total. The average Bonchev–Trinajstić information content (AvgIpc) is 2.23. The van der Waals surface area contributed by atoms with Crippen LogP contribution < -0.4 is 16.6 Å². The van der Waals surface area contributed by atoms with Crippen LogP contribution in [-0.4, -0.2) is 28.5 Å². The van der Waals surface area contributed by atoms with Crippen molar-refractivity contribution in [3.8, 4) is 0 Å². The molecular weight excluding hydrogens is 251 g/mol. The normalized spacial score (nSPS) is 10.6. The zero-order chi connectivity index (χ0) is 13.0. The van der Waals surface area contributed by atoms with E-state index in [1.807, 2.05) is 0 Å². The number of hydrazone groups is 1. The Hall–Kier alpha value is -1.58. The van der Waals surface area contributed by atoms with E-state index in [0.717, 1.165) is 18.3 Å². The maximum absolute atomic E-state index is 13.4. The third-order valence-corrected chi connectivity index (χ3v) is 1.89. The fourth-order valence-corrected chi connectivity index (χ4v) is 1.10. The SMILES string of the molecule is NC(=S)NN=Cc1ccc(B(O)O)c(F)c1F. The summed E-state index contributed by atoms with van der Waals surface area (Å²) < 4.78 is 26.6. The van der Waals surface area contributed by atoms with Gasteiger partial charge in [-0.05, 0) is 12.2 Å². The molecule has 0 saturated carbocycles. The highest BCUT2D eigenvalue weighted by Gasteiger charge is 2.20. The minimum Gasteiger partial charge on any atom is -0.423 e. The molecule has 5 nitrogen and oxygen atoms in total. The van der Waals surface area contributed by atoms with E-state index in [-0.39, 0.29) is 10.7 Å². The molecule has 1 aromatic rings. The number of hydrogen-bond acceptors (Lipinski definition) is 4. The standard InChI is InChI=1S/C8H8BF2N3O2S/c10-6-4(3-13-14-8(12)17)1-2-5(7(6)11)9(15)16/h1-3,15-16H,(H3,12,14,17). The van der Waals surface area contributed by atoms with Gasteiger partial charge in [-0.3, -0.25) is 5.43 Å². The van der Waals surface area contributed by atoms with Crippen LogP contribution >= 0.6 is 12.2 Å². The van der Waals surface area contributed by atoms with Gasteiger partial charge in [0, 0.05) is 11.0 Å². The van der Waals surface area contributed by atoms with Gasteiger partial charge in [0.15, 0.2) is 16.7 Å². The highest BCUT2D eigenvalue weighted by atomic mass is 32.1. The minimum absolute atomic E-state index is 0.121. The van der Waals surface area contributed by atoms with Gasteiger partial charge in [0.25, 0.3) is 0 Å². The third kappa shape index (κ3) is 3.44. The van der Waals surface area contributed by atoms with Crippen molar-refractivity contribution in [3.05, 3.63) is 29.3 Å². The highest BCUT2D eigenvalue weighted by molar-refractivity contribution is 7.80. The number of thiocarbonyl (C=S) groups is 1. The Morgan fingerprint density at radius 3 is 2.59 bits per heavy atom. The molecule has 9 heteroatoms. The zero-order valence-electron chi connectivity index (χ0n) is 8.39. The molecule has 1 aromatic carbocycles. The number of rotatable bonds is 3. The van der Waals surface area contributed by atoms with Crippen molar-refractivity contribution < 1.29 is 18.8 Å². The molecule has 0 amide bonds. The second-order valence-electron chi connectivity index (χ2n) is 2.98. The number of nitrogens with zero attached hydrogens (tertiary/aromatic N) is 1. The van der Waals surface area contributed by atoms with Crippen LogP contribution in [0, 0.1) is 11.6 Å². The monoisotopic (exact) mass is 259 g/mol. The summed E-state index contributed by atoms with van der Waals surface area (Å²) in [6.07, 6.45) is 0.963. The lowest BCUT2D eigenvalue weighted by Crippen LogP contribution is -2.33. The van der Waals surface area contributed by atoms with Gasteiger partial charge in [0.1, 0.15) is 0 Å². The Morgan fingerprint density at radius 1 is 1.41 bits per heavy atom. The molecule has 0 atom stereocenters. The van der Waals surface area contributed by atoms with Gasteiger partial charge < -0.3 is 15.8 Å². The number of halogens is 2. The Kier molecular flexibility index (Phi) is 4.49. The number of benzene rings is 1. The van der Waals surface area contributed by atoms with Crippen LogP contribution in [0.25, 0.3) is 0 Å². The molecule has 0 saturated heterocycles. The molecule has 0 heterocycles. The summed E-state index contributed by atoms with van der Waals surface area (Å²) in [6.45, 7) is 0. The first kappa shape index (κ1) is 13.5. The van der Waals surface area contributed by atoms with Crippen molar-refractivity contribution in [3.63, 3.8) is 0 Å². The van der Waals surface area contributed by atoms with E-state index < -0.39 is 24.2 Å². The summed E-state index contributed by atoms with van der Waals surface area (Å²) in [5.74, 6) is -2.59. The van der Waals surface area contributed by atoms with Crippen LogP contribution in [0.2, 0.25) is 0 Å². The lowest BCUT2D eigenvalue weighted by atomic mass is 9.79. The minimum atomic E-state index is -2.08. The first-order valence-electron chi connectivity index (χ1n) is 4.36. The largest absolute Gasteiger partial charge is 0.491 e. The molecule has 0 aliphatic carbocycles. The highest BCUT2D eigenvalue weighted by Crippen LogP contribution is 2.08. The molecule has 1 rings (SSSR count). The van der Waals surface area contributed by atoms with Crippen molar-refractivity contribution >= 4 is 36.1 Å². The lowest BCUT2D eigenvalue weighted by molar-refractivity contribution is 0.420. The van der Waals surface area contributed by atoms with Gasteiger partial charge >= 0.3 is 7.12 Å². The molecule has 0 unspecified atom stereocenters. The van der Waals surface area contributed by atoms with E-state index in [4.69, 9.17) is 15.8 Å². The first-order valence-corrected chi connectivity index (χ1v) is 4.77. The summed E-state index contributed by atoms with van der Waals surface area (Å²) in [5, 5.41) is 20.8.